The van der Waals surface area contributed by atoms with Crippen molar-refractivity contribution in [1.82, 2.24) is 0 Å². The van der Waals surface area contributed by atoms with Crippen molar-refractivity contribution in [3.63, 3.8) is 0 Å². The molecular formula is C15H10BrF4NOS. The Morgan fingerprint density at radius 2 is 1.91 bits per heavy atom. The Bertz CT molecular complexity index is 721. The van der Waals surface area contributed by atoms with Crippen molar-refractivity contribution in [3.8, 4) is 0 Å². The third-order valence-electron chi connectivity index (χ3n) is 2.74. The first-order valence-corrected chi connectivity index (χ1v) is 8.08. The maximum absolute atomic E-state index is 12.9. The van der Waals surface area contributed by atoms with Gasteiger partial charge in [-0.05, 0) is 52.3 Å². The summed E-state index contributed by atoms with van der Waals surface area (Å²) < 4.78 is 51.2. The van der Waals surface area contributed by atoms with Crippen LogP contribution in [0.25, 0.3) is 0 Å². The molecule has 0 aliphatic carbocycles. The van der Waals surface area contributed by atoms with Gasteiger partial charge in [-0.2, -0.15) is 13.2 Å². The lowest BCUT2D eigenvalue weighted by Crippen LogP contribution is -2.14. The Morgan fingerprint density at radius 3 is 2.57 bits per heavy atom. The van der Waals surface area contributed by atoms with Crippen molar-refractivity contribution < 1.29 is 22.4 Å². The first kappa shape index (κ1) is 17.8. The second kappa shape index (κ2) is 7.35. The summed E-state index contributed by atoms with van der Waals surface area (Å²) >= 11 is 4.10. The summed E-state index contributed by atoms with van der Waals surface area (Å²) in [5, 5.41) is 2.56. The van der Waals surface area contributed by atoms with E-state index in [1.807, 2.05) is 0 Å². The van der Waals surface area contributed by atoms with Gasteiger partial charge in [-0.3, -0.25) is 4.79 Å². The quantitative estimate of drug-likeness (QED) is 0.547. The SMILES string of the molecule is O=C(CSc1cccc(C(F)(F)F)c1)Nc1ccc(F)cc1Br. The van der Waals surface area contributed by atoms with Crippen LogP contribution in [-0.4, -0.2) is 11.7 Å². The van der Waals surface area contributed by atoms with Gasteiger partial charge in [-0.15, -0.1) is 11.8 Å². The summed E-state index contributed by atoms with van der Waals surface area (Å²) in [7, 11) is 0. The minimum absolute atomic E-state index is 0.0644. The lowest BCUT2D eigenvalue weighted by molar-refractivity contribution is -0.137. The van der Waals surface area contributed by atoms with Gasteiger partial charge in [0.15, 0.2) is 0 Å². The number of nitrogens with one attached hydrogen (secondary N) is 1. The molecule has 0 atom stereocenters. The number of hydrogen-bond acceptors (Lipinski definition) is 2. The van der Waals surface area contributed by atoms with Gasteiger partial charge in [0.25, 0.3) is 0 Å². The van der Waals surface area contributed by atoms with Crippen molar-refractivity contribution in [3.05, 3.63) is 58.3 Å². The van der Waals surface area contributed by atoms with Crippen LogP contribution >= 0.6 is 27.7 Å². The minimum atomic E-state index is -4.42. The van der Waals surface area contributed by atoms with Crippen molar-refractivity contribution in [2.75, 3.05) is 11.1 Å². The van der Waals surface area contributed by atoms with E-state index >= 15 is 0 Å². The lowest BCUT2D eigenvalue weighted by atomic mass is 10.2. The first-order chi connectivity index (χ1) is 10.8. The van der Waals surface area contributed by atoms with E-state index in [9.17, 15) is 22.4 Å². The molecule has 0 aliphatic heterocycles. The minimum Gasteiger partial charge on any atom is -0.324 e. The molecule has 0 unspecified atom stereocenters. The molecule has 2 rings (SSSR count). The zero-order chi connectivity index (χ0) is 17.0. The average molecular weight is 408 g/mol. The molecule has 2 aromatic carbocycles. The summed E-state index contributed by atoms with van der Waals surface area (Å²) in [5.41, 5.74) is -0.370. The van der Waals surface area contributed by atoms with Gasteiger partial charge in [-0.1, -0.05) is 6.07 Å². The molecule has 0 bridgehead atoms. The topological polar surface area (TPSA) is 29.1 Å². The fourth-order valence-electron chi connectivity index (χ4n) is 1.69. The molecule has 0 heterocycles. The number of halogens is 5. The van der Waals surface area contributed by atoms with E-state index in [2.05, 4.69) is 21.2 Å². The van der Waals surface area contributed by atoms with Gasteiger partial charge in [0.1, 0.15) is 5.82 Å². The fraction of sp³-hybridized carbons (Fsp3) is 0.133. The molecule has 2 nitrogen and oxygen atoms in total. The number of alkyl halides is 3. The molecule has 1 N–H and O–H groups in total. The number of anilines is 1. The number of carbonyl (C=O) groups is 1. The number of hydrogen-bond donors (Lipinski definition) is 1. The Labute approximate surface area is 142 Å². The predicted molar refractivity (Wildman–Crippen MR) is 84.9 cm³/mol. The molecule has 0 radical (unpaired) electrons. The van der Waals surface area contributed by atoms with Crippen LogP contribution < -0.4 is 5.32 Å². The number of rotatable bonds is 4. The summed E-state index contributed by atoms with van der Waals surface area (Å²) in [6.07, 6.45) is -4.42. The zero-order valence-electron chi connectivity index (χ0n) is 11.5. The van der Waals surface area contributed by atoms with Gasteiger partial charge in [0, 0.05) is 9.37 Å². The molecule has 8 heteroatoms. The third-order valence-corrected chi connectivity index (χ3v) is 4.39. The fourth-order valence-corrected chi connectivity index (χ4v) is 2.89. The third kappa shape index (κ3) is 5.24. The van der Waals surface area contributed by atoms with Gasteiger partial charge in [0.05, 0.1) is 17.0 Å². The summed E-state index contributed by atoms with van der Waals surface area (Å²) in [6, 6.07) is 8.55. The summed E-state index contributed by atoms with van der Waals surface area (Å²) in [5.74, 6) is -0.918. The maximum Gasteiger partial charge on any atom is 0.416 e. The monoisotopic (exact) mass is 407 g/mol. The number of carbonyl (C=O) groups excluding carboxylic acids is 1. The van der Waals surface area contributed by atoms with Gasteiger partial charge in [-0.25, -0.2) is 4.39 Å². The Morgan fingerprint density at radius 1 is 1.17 bits per heavy atom. The Balaban J connectivity index is 1.97. The molecule has 0 spiro atoms. The van der Waals surface area contributed by atoms with Crippen LogP contribution in [0.15, 0.2) is 51.8 Å². The predicted octanol–water partition coefficient (Wildman–Crippen LogP) is 5.34. The van der Waals surface area contributed by atoms with Crippen LogP contribution in [0.2, 0.25) is 0 Å². The largest absolute Gasteiger partial charge is 0.416 e. The van der Waals surface area contributed by atoms with E-state index in [1.54, 1.807) is 0 Å². The van der Waals surface area contributed by atoms with Crippen molar-refractivity contribution >= 4 is 39.3 Å². The van der Waals surface area contributed by atoms with E-state index in [1.165, 1.54) is 30.3 Å². The van der Waals surface area contributed by atoms with Gasteiger partial charge in [0.2, 0.25) is 5.91 Å². The first-order valence-electron chi connectivity index (χ1n) is 6.30. The zero-order valence-corrected chi connectivity index (χ0v) is 13.9. The molecule has 0 aliphatic rings. The van der Waals surface area contributed by atoms with Crippen LogP contribution in [0.3, 0.4) is 0 Å². The second-order valence-electron chi connectivity index (χ2n) is 4.49. The number of amides is 1. The van der Waals surface area contributed by atoms with Gasteiger partial charge >= 0.3 is 6.18 Å². The smallest absolute Gasteiger partial charge is 0.324 e. The summed E-state index contributed by atoms with van der Waals surface area (Å²) in [6.45, 7) is 0. The van der Waals surface area contributed by atoms with Crippen LogP contribution in [0, 0.1) is 5.82 Å². The highest BCUT2D eigenvalue weighted by molar-refractivity contribution is 9.10. The molecule has 23 heavy (non-hydrogen) atoms. The normalized spacial score (nSPS) is 11.3. The number of benzene rings is 2. The van der Waals surface area contributed by atoms with E-state index in [0.717, 1.165) is 23.9 Å². The van der Waals surface area contributed by atoms with Crippen LogP contribution in [0.4, 0.5) is 23.2 Å². The van der Waals surface area contributed by atoms with Crippen LogP contribution in [0.1, 0.15) is 5.56 Å². The molecule has 0 fully saturated rings. The van der Waals surface area contributed by atoms with E-state index < -0.39 is 23.5 Å². The molecule has 2 aromatic rings. The van der Waals surface area contributed by atoms with Gasteiger partial charge < -0.3 is 5.32 Å². The molecule has 0 aromatic heterocycles. The molecule has 0 saturated heterocycles. The molecule has 1 amide bonds. The Hall–Kier alpha value is -1.54. The highest BCUT2D eigenvalue weighted by atomic mass is 79.9. The second-order valence-corrected chi connectivity index (χ2v) is 6.39. The molecule has 0 saturated carbocycles. The van der Waals surface area contributed by atoms with Crippen LogP contribution in [-0.2, 0) is 11.0 Å². The number of thioether (sulfide) groups is 1. The van der Waals surface area contributed by atoms with E-state index in [4.69, 9.17) is 0 Å². The highest BCUT2D eigenvalue weighted by Crippen LogP contribution is 2.32. The van der Waals surface area contributed by atoms with Crippen LogP contribution in [0.5, 0.6) is 0 Å². The van der Waals surface area contributed by atoms with Crippen molar-refractivity contribution in [2.24, 2.45) is 0 Å². The van der Waals surface area contributed by atoms with Crippen molar-refractivity contribution in [2.45, 2.75) is 11.1 Å². The maximum atomic E-state index is 12.9. The van der Waals surface area contributed by atoms with Crippen molar-refractivity contribution in [1.29, 1.82) is 0 Å². The average Bonchev–Trinajstić information content (AvgIpc) is 2.47. The van der Waals surface area contributed by atoms with E-state index in [0.29, 0.717) is 15.1 Å². The lowest BCUT2D eigenvalue weighted by Gasteiger charge is -2.09. The standard InChI is InChI=1S/C15H10BrF4NOS/c16-12-7-10(17)4-5-13(12)21-14(22)8-23-11-3-1-2-9(6-11)15(18,19)20/h1-7H,8H2,(H,21,22). The molecule has 122 valence electrons. The highest BCUT2D eigenvalue weighted by Gasteiger charge is 2.30. The summed E-state index contributed by atoms with van der Waals surface area (Å²) in [4.78, 5) is 12.2. The Kier molecular flexibility index (Phi) is 5.69. The molecular weight excluding hydrogens is 398 g/mol. The van der Waals surface area contributed by atoms with E-state index in [-0.39, 0.29) is 5.75 Å².